The molecule has 0 aromatic rings. The third-order valence-corrected chi connectivity index (χ3v) is 3.36. The van der Waals surface area contributed by atoms with Gasteiger partial charge in [-0.1, -0.05) is 5.92 Å². The lowest BCUT2D eigenvalue weighted by molar-refractivity contribution is 0.360. The molecular formula is C11H20N2S. The standard InChI is InChI=1S/C11H20N2S/c1-2-8-14-9-7-13-10-11-3-5-12-6-4-11/h1,11-13H,3-10H2. The van der Waals surface area contributed by atoms with Gasteiger partial charge in [0.25, 0.3) is 0 Å². The Balaban J connectivity index is 1.85. The summed E-state index contributed by atoms with van der Waals surface area (Å²) in [6, 6.07) is 0. The van der Waals surface area contributed by atoms with Crippen molar-refractivity contribution in [2.24, 2.45) is 5.92 Å². The lowest BCUT2D eigenvalue weighted by Gasteiger charge is -2.22. The molecule has 0 bridgehead atoms. The first kappa shape index (κ1) is 11.9. The molecule has 0 saturated carbocycles. The first-order valence-electron chi connectivity index (χ1n) is 5.36. The predicted molar refractivity (Wildman–Crippen MR) is 64.6 cm³/mol. The Morgan fingerprint density at radius 2 is 2.21 bits per heavy atom. The second kappa shape index (κ2) is 8.16. The van der Waals surface area contributed by atoms with E-state index in [4.69, 9.17) is 6.42 Å². The van der Waals surface area contributed by atoms with E-state index < -0.39 is 0 Å². The molecule has 1 saturated heterocycles. The molecule has 0 unspecified atom stereocenters. The van der Waals surface area contributed by atoms with E-state index in [-0.39, 0.29) is 0 Å². The van der Waals surface area contributed by atoms with Gasteiger partial charge in [0.15, 0.2) is 0 Å². The largest absolute Gasteiger partial charge is 0.317 e. The summed E-state index contributed by atoms with van der Waals surface area (Å²) in [5, 5.41) is 6.88. The van der Waals surface area contributed by atoms with Crippen molar-refractivity contribution in [3.63, 3.8) is 0 Å². The zero-order chi connectivity index (χ0) is 10.1. The molecule has 2 N–H and O–H groups in total. The quantitative estimate of drug-likeness (QED) is 0.506. The van der Waals surface area contributed by atoms with Gasteiger partial charge in [0.2, 0.25) is 0 Å². The summed E-state index contributed by atoms with van der Waals surface area (Å²) in [5.74, 6) is 5.49. The summed E-state index contributed by atoms with van der Waals surface area (Å²) in [6.07, 6.45) is 7.81. The molecule has 0 spiro atoms. The van der Waals surface area contributed by atoms with Crippen molar-refractivity contribution in [2.75, 3.05) is 37.7 Å². The van der Waals surface area contributed by atoms with Gasteiger partial charge < -0.3 is 10.6 Å². The topological polar surface area (TPSA) is 24.1 Å². The second-order valence-electron chi connectivity index (χ2n) is 3.65. The Morgan fingerprint density at radius 1 is 1.43 bits per heavy atom. The van der Waals surface area contributed by atoms with Crippen molar-refractivity contribution in [3.8, 4) is 12.3 Å². The van der Waals surface area contributed by atoms with E-state index in [1.807, 2.05) is 11.8 Å². The SMILES string of the molecule is C#CCSCCNCC1CCNCC1. The zero-order valence-electron chi connectivity index (χ0n) is 8.72. The van der Waals surface area contributed by atoms with E-state index in [2.05, 4.69) is 16.6 Å². The molecule has 0 aromatic heterocycles. The minimum atomic E-state index is 0.842. The Morgan fingerprint density at radius 3 is 2.93 bits per heavy atom. The summed E-state index contributed by atoms with van der Waals surface area (Å²) in [7, 11) is 0. The fourth-order valence-corrected chi connectivity index (χ4v) is 2.22. The number of nitrogens with one attached hydrogen (secondary N) is 2. The first-order chi connectivity index (χ1) is 6.93. The Labute approximate surface area is 91.6 Å². The minimum absolute atomic E-state index is 0.842. The molecule has 1 fully saturated rings. The molecule has 14 heavy (non-hydrogen) atoms. The van der Waals surface area contributed by atoms with Crippen LogP contribution in [-0.4, -0.2) is 37.7 Å². The van der Waals surface area contributed by atoms with Gasteiger partial charge in [0.1, 0.15) is 0 Å². The molecular weight excluding hydrogens is 192 g/mol. The van der Waals surface area contributed by atoms with Crippen molar-refractivity contribution in [1.29, 1.82) is 0 Å². The van der Waals surface area contributed by atoms with Gasteiger partial charge in [0, 0.05) is 12.3 Å². The number of piperidine rings is 1. The number of terminal acetylenes is 1. The van der Waals surface area contributed by atoms with Crippen molar-refractivity contribution in [2.45, 2.75) is 12.8 Å². The molecule has 0 aromatic carbocycles. The third-order valence-electron chi connectivity index (χ3n) is 2.50. The van der Waals surface area contributed by atoms with Crippen LogP contribution in [0.5, 0.6) is 0 Å². The summed E-state index contributed by atoms with van der Waals surface area (Å²) < 4.78 is 0. The number of hydrogen-bond donors (Lipinski definition) is 2. The van der Waals surface area contributed by atoms with Crippen LogP contribution in [0.15, 0.2) is 0 Å². The van der Waals surface area contributed by atoms with Crippen LogP contribution in [0.25, 0.3) is 0 Å². The highest BCUT2D eigenvalue weighted by Gasteiger charge is 2.11. The molecule has 1 heterocycles. The number of hydrogen-bond acceptors (Lipinski definition) is 3. The van der Waals surface area contributed by atoms with E-state index >= 15 is 0 Å². The highest BCUT2D eigenvalue weighted by atomic mass is 32.2. The predicted octanol–water partition coefficient (Wildman–Crippen LogP) is 0.942. The van der Waals surface area contributed by atoms with Gasteiger partial charge in [0.05, 0.1) is 5.75 Å². The lowest BCUT2D eigenvalue weighted by atomic mass is 9.98. The summed E-state index contributed by atoms with van der Waals surface area (Å²) in [5.41, 5.74) is 0. The number of rotatable bonds is 6. The molecule has 3 heteroatoms. The van der Waals surface area contributed by atoms with Crippen molar-refractivity contribution in [3.05, 3.63) is 0 Å². The van der Waals surface area contributed by atoms with Crippen LogP contribution < -0.4 is 10.6 Å². The Bertz CT molecular complexity index is 171. The van der Waals surface area contributed by atoms with Gasteiger partial charge >= 0.3 is 0 Å². The maximum Gasteiger partial charge on any atom is 0.0545 e. The second-order valence-corrected chi connectivity index (χ2v) is 4.76. The van der Waals surface area contributed by atoms with E-state index in [9.17, 15) is 0 Å². The monoisotopic (exact) mass is 212 g/mol. The van der Waals surface area contributed by atoms with Crippen LogP contribution in [0.1, 0.15) is 12.8 Å². The van der Waals surface area contributed by atoms with Gasteiger partial charge in [-0.25, -0.2) is 0 Å². The molecule has 1 rings (SSSR count). The highest BCUT2D eigenvalue weighted by Crippen LogP contribution is 2.09. The average Bonchev–Trinajstić information content (AvgIpc) is 2.25. The van der Waals surface area contributed by atoms with Crippen molar-refractivity contribution < 1.29 is 0 Å². The minimum Gasteiger partial charge on any atom is -0.317 e. The lowest BCUT2D eigenvalue weighted by Crippen LogP contribution is -2.34. The normalized spacial score (nSPS) is 17.9. The fourth-order valence-electron chi connectivity index (χ4n) is 1.67. The van der Waals surface area contributed by atoms with Gasteiger partial charge in [-0.3, -0.25) is 0 Å². The Kier molecular flexibility index (Phi) is 6.94. The molecule has 1 aliphatic heterocycles. The molecule has 0 atom stereocenters. The maximum absolute atomic E-state index is 5.16. The molecule has 2 nitrogen and oxygen atoms in total. The molecule has 1 aliphatic rings. The van der Waals surface area contributed by atoms with Crippen molar-refractivity contribution >= 4 is 11.8 Å². The van der Waals surface area contributed by atoms with Crippen LogP contribution in [-0.2, 0) is 0 Å². The maximum atomic E-state index is 5.16. The van der Waals surface area contributed by atoms with Crippen LogP contribution in [0.2, 0.25) is 0 Å². The van der Waals surface area contributed by atoms with Gasteiger partial charge in [-0.15, -0.1) is 18.2 Å². The van der Waals surface area contributed by atoms with Crippen LogP contribution in [0.4, 0.5) is 0 Å². The molecule has 80 valence electrons. The summed E-state index contributed by atoms with van der Waals surface area (Å²) >= 11 is 1.83. The van der Waals surface area contributed by atoms with E-state index in [1.165, 1.54) is 32.5 Å². The van der Waals surface area contributed by atoms with Crippen LogP contribution >= 0.6 is 11.8 Å². The van der Waals surface area contributed by atoms with Crippen LogP contribution in [0, 0.1) is 18.3 Å². The molecule has 0 aliphatic carbocycles. The summed E-state index contributed by atoms with van der Waals surface area (Å²) in [6.45, 7) is 4.66. The smallest absolute Gasteiger partial charge is 0.0545 e. The first-order valence-corrected chi connectivity index (χ1v) is 6.51. The summed E-state index contributed by atoms with van der Waals surface area (Å²) in [4.78, 5) is 0. The van der Waals surface area contributed by atoms with Gasteiger partial charge in [-0.2, -0.15) is 0 Å². The van der Waals surface area contributed by atoms with E-state index in [1.54, 1.807) is 0 Å². The third kappa shape index (κ3) is 5.54. The van der Waals surface area contributed by atoms with E-state index in [0.717, 1.165) is 24.0 Å². The Hall–Kier alpha value is -0.170. The van der Waals surface area contributed by atoms with Crippen LogP contribution in [0.3, 0.4) is 0 Å². The average molecular weight is 212 g/mol. The highest BCUT2D eigenvalue weighted by molar-refractivity contribution is 7.99. The van der Waals surface area contributed by atoms with Crippen molar-refractivity contribution in [1.82, 2.24) is 10.6 Å². The zero-order valence-corrected chi connectivity index (χ0v) is 9.54. The molecule has 0 amide bonds. The van der Waals surface area contributed by atoms with Gasteiger partial charge in [-0.05, 0) is 38.4 Å². The van der Waals surface area contributed by atoms with E-state index in [0.29, 0.717) is 0 Å². The molecule has 0 radical (unpaired) electrons. The fraction of sp³-hybridized carbons (Fsp3) is 0.818. The number of thioether (sulfide) groups is 1.